The largest absolute Gasteiger partial charge is 0.513 e. The van der Waals surface area contributed by atoms with Gasteiger partial charge in [-0.2, -0.15) is 0 Å². The van der Waals surface area contributed by atoms with Crippen LogP contribution in [0, 0.1) is 0 Å². The van der Waals surface area contributed by atoms with Crippen molar-refractivity contribution in [2.45, 2.75) is 6.04 Å². The van der Waals surface area contributed by atoms with Gasteiger partial charge in [-0.1, -0.05) is 0 Å². The third-order valence-corrected chi connectivity index (χ3v) is 0.956. The highest BCUT2D eigenvalue weighted by Gasteiger charge is 2.16. The Kier molecular flexibility index (Phi) is 1.77. The lowest BCUT2D eigenvalue weighted by molar-refractivity contribution is 0.0512. The standard InChI is InChI=1S/C5H7NO4/c6-3-1-4(9-2-3)10-5(7)8/h1,3H,2,6H2,(H,7,8). The zero-order valence-corrected chi connectivity index (χ0v) is 5.11. The molecule has 56 valence electrons. The molecule has 1 unspecified atom stereocenters. The van der Waals surface area contributed by atoms with Gasteiger partial charge in [-0.25, -0.2) is 4.79 Å². The molecule has 1 aliphatic rings. The van der Waals surface area contributed by atoms with Crippen molar-refractivity contribution >= 4 is 6.16 Å². The van der Waals surface area contributed by atoms with E-state index in [9.17, 15) is 4.79 Å². The van der Waals surface area contributed by atoms with Gasteiger partial charge in [0.05, 0.1) is 6.04 Å². The van der Waals surface area contributed by atoms with E-state index in [1.54, 1.807) is 0 Å². The van der Waals surface area contributed by atoms with Crippen LogP contribution < -0.4 is 5.73 Å². The number of carboxylic acid groups (broad SMARTS) is 1. The van der Waals surface area contributed by atoms with Crippen molar-refractivity contribution in [3.63, 3.8) is 0 Å². The van der Waals surface area contributed by atoms with Crippen molar-refractivity contribution in [1.29, 1.82) is 0 Å². The van der Waals surface area contributed by atoms with Gasteiger partial charge < -0.3 is 20.3 Å². The molecule has 0 radical (unpaired) electrons. The topological polar surface area (TPSA) is 81.8 Å². The summed E-state index contributed by atoms with van der Waals surface area (Å²) in [6.07, 6.45) is 0.0223. The van der Waals surface area contributed by atoms with Crippen LogP contribution in [-0.4, -0.2) is 23.9 Å². The molecule has 0 fully saturated rings. The molecular formula is C5H7NO4. The lowest BCUT2D eigenvalue weighted by Crippen LogP contribution is -2.17. The maximum atomic E-state index is 9.88. The molecule has 1 heterocycles. The third kappa shape index (κ3) is 1.63. The molecule has 1 rings (SSSR count). The highest BCUT2D eigenvalue weighted by molar-refractivity contribution is 5.58. The van der Waals surface area contributed by atoms with Crippen LogP contribution in [0.1, 0.15) is 0 Å². The molecular weight excluding hydrogens is 138 g/mol. The monoisotopic (exact) mass is 145 g/mol. The Bertz CT molecular complexity index is 176. The SMILES string of the molecule is NC1C=C(OC(=O)O)OC1. The van der Waals surface area contributed by atoms with E-state index in [-0.39, 0.29) is 18.6 Å². The molecule has 0 bridgehead atoms. The first-order valence-electron chi connectivity index (χ1n) is 2.69. The zero-order valence-electron chi connectivity index (χ0n) is 5.11. The van der Waals surface area contributed by atoms with Crippen LogP contribution in [0.3, 0.4) is 0 Å². The minimum atomic E-state index is -1.39. The van der Waals surface area contributed by atoms with Crippen LogP contribution in [-0.2, 0) is 9.47 Å². The number of ether oxygens (including phenoxy) is 2. The molecule has 0 aliphatic carbocycles. The Morgan fingerprint density at radius 3 is 3.10 bits per heavy atom. The fourth-order valence-electron chi connectivity index (χ4n) is 0.599. The molecule has 5 heteroatoms. The minimum absolute atomic E-state index is 0.0278. The number of hydrogen-bond acceptors (Lipinski definition) is 4. The summed E-state index contributed by atoms with van der Waals surface area (Å²) < 4.78 is 8.87. The summed E-state index contributed by atoms with van der Waals surface area (Å²) in [7, 11) is 0. The summed E-state index contributed by atoms with van der Waals surface area (Å²) in [5, 5.41) is 8.08. The van der Waals surface area contributed by atoms with E-state index in [1.165, 1.54) is 6.08 Å². The summed E-state index contributed by atoms with van der Waals surface area (Å²) >= 11 is 0. The lowest BCUT2D eigenvalue weighted by Gasteiger charge is -1.98. The van der Waals surface area contributed by atoms with Crippen LogP contribution >= 0.6 is 0 Å². The van der Waals surface area contributed by atoms with Gasteiger partial charge in [0, 0.05) is 6.08 Å². The second-order valence-corrected chi connectivity index (χ2v) is 1.83. The first-order chi connectivity index (χ1) is 4.68. The molecule has 0 aromatic rings. The van der Waals surface area contributed by atoms with Crippen molar-refractivity contribution in [2.75, 3.05) is 6.61 Å². The average molecular weight is 145 g/mol. The number of carbonyl (C=O) groups is 1. The van der Waals surface area contributed by atoms with E-state index in [4.69, 9.17) is 15.6 Å². The lowest BCUT2D eigenvalue weighted by atomic mass is 10.4. The second kappa shape index (κ2) is 2.57. The maximum Gasteiger partial charge on any atom is 0.513 e. The summed E-state index contributed by atoms with van der Waals surface area (Å²) in [6, 6.07) is -0.255. The zero-order chi connectivity index (χ0) is 7.56. The van der Waals surface area contributed by atoms with E-state index < -0.39 is 6.16 Å². The number of hydrogen-bond donors (Lipinski definition) is 2. The number of nitrogens with two attached hydrogens (primary N) is 1. The summed E-state index contributed by atoms with van der Waals surface area (Å²) in [4.78, 5) is 9.88. The second-order valence-electron chi connectivity index (χ2n) is 1.83. The van der Waals surface area contributed by atoms with Crippen LogP contribution in [0.25, 0.3) is 0 Å². The van der Waals surface area contributed by atoms with E-state index in [1.807, 2.05) is 0 Å². The fourth-order valence-corrected chi connectivity index (χ4v) is 0.599. The quantitative estimate of drug-likeness (QED) is 0.502. The van der Waals surface area contributed by atoms with E-state index >= 15 is 0 Å². The van der Waals surface area contributed by atoms with Crippen molar-refractivity contribution in [3.05, 3.63) is 12.0 Å². The normalized spacial score (nSPS) is 23.3. The molecule has 0 spiro atoms. The molecule has 10 heavy (non-hydrogen) atoms. The van der Waals surface area contributed by atoms with Crippen molar-refractivity contribution in [2.24, 2.45) is 5.73 Å². The van der Waals surface area contributed by atoms with Crippen molar-refractivity contribution < 1.29 is 19.4 Å². The Morgan fingerprint density at radius 1 is 2.00 bits per heavy atom. The third-order valence-electron chi connectivity index (χ3n) is 0.956. The van der Waals surface area contributed by atoms with E-state index in [0.29, 0.717) is 0 Å². The summed E-state index contributed by atoms with van der Waals surface area (Å²) in [5.41, 5.74) is 5.33. The highest BCUT2D eigenvalue weighted by atomic mass is 16.7. The molecule has 5 nitrogen and oxygen atoms in total. The summed E-state index contributed by atoms with van der Waals surface area (Å²) in [6.45, 7) is 0.280. The predicted octanol–water partition coefficient (Wildman–Crippen LogP) is -0.120. The molecule has 0 aromatic carbocycles. The Balaban J connectivity index is 2.43. The van der Waals surface area contributed by atoms with Crippen molar-refractivity contribution in [1.82, 2.24) is 0 Å². The van der Waals surface area contributed by atoms with Gasteiger partial charge in [0.2, 0.25) is 0 Å². The number of rotatable bonds is 1. The highest BCUT2D eigenvalue weighted by Crippen LogP contribution is 2.09. The molecule has 0 saturated carbocycles. The average Bonchev–Trinajstić information content (AvgIpc) is 2.13. The predicted molar refractivity (Wildman–Crippen MR) is 31.1 cm³/mol. The molecule has 0 amide bonds. The Morgan fingerprint density at radius 2 is 2.70 bits per heavy atom. The maximum absolute atomic E-state index is 9.88. The smallest absolute Gasteiger partial charge is 0.463 e. The first kappa shape index (κ1) is 6.88. The van der Waals surface area contributed by atoms with Crippen LogP contribution in [0.15, 0.2) is 12.0 Å². The molecule has 1 aliphatic heterocycles. The summed E-state index contributed by atoms with van der Waals surface area (Å²) in [5.74, 6) is -0.0278. The van der Waals surface area contributed by atoms with Crippen LogP contribution in [0.5, 0.6) is 0 Å². The van der Waals surface area contributed by atoms with Crippen LogP contribution in [0.2, 0.25) is 0 Å². The first-order valence-corrected chi connectivity index (χ1v) is 2.69. The van der Waals surface area contributed by atoms with E-state index in [2.05, 4.69) is 4.74 Å². The van der Waals surface area contributed by atoms with Gasteiger partial charge >= 0.3 is 6.16 Å². The van der Waals surface area contributed by atoms with Gasteiger partial charge in [0.25, 0.3) is 5.95 Å². The molecule has 3 N–H and O–H groups in total. The van der Waals surface area contributed by atoms with Crippen LogP contribution in [0.4, 0.5) is 4.79 Å². The van der Waals surface area contributed by atoms with Gasteiger partial charge in [-0.15, -0.1) is 0 Å². The Hall–Kier alpha value is -1.23. The Labute approximate surface area is 57.0 Å². The van der Waals surface area contributed by atoms with Gasteiger partial charge in [0.15, 0.2) is 0 Å². The van der Waals surface area contributed by atoms with Gasteiger partial charge in [-0.3, -0.25) is 0 Å². The molecule has 0 aromatic heterocycles. The fraction of sp³-hybridized carbons (Fsp3) is 0.400. The molecule has 0 saturated heterocycles. The van der Waals surface area contributed by atoms with Gasteiger partial charge in [-0.05, 0) is 0 Å². The van der Waals surface area contributed by atoms with Crippen molar-refractivity contribution in [3.8, 4) is 0 Å². The minimum Gasteiger partial charge on any atom is -0.463 e. The molecule has 1 atom stereocenters. The van der Waals surface area contributed by atoms with Gasteiger partial charge in [0.1, 0.15) is 6.61 Å². The van der Waals surface area contributed by atoms with E-state index in [0.717, 1.165) is 0 Å².